The molecule has 0 bridgehead atoms. The number of anilines is 2. The Hall–Kier alpha value is -4.43. The van der Waals surface area contributed by atoms with Gasteiger partial charge in [-0.2, -0.15) is 10.4 Å². The maximum Gasteiger partial charge on any atom is 0.254 e. The maximum absolute atomic E-state index is 12.4. The Morgan fingerprint density at radius 3 is 2.73 bits per heavy atom. The maximum atomic E-state index is 12.4. The molecule has 5 rings (SSSR count). The van der Waals surface area contributed by atoms with Gasteiger partial charge in [-0.15, -0.1) is 0 Å². The number of carbonyl (C=O) groups excluding carboxylic acids is 1. The van der Waals surface area contributed by atoms with Gasteiger partial charge in [0.2, 0.25) is 0 Å². The minimum absolute atomic E-state index is 0.0249. The number of nitriles is 1. The largest absolute Gasteiger partial charge is 0.493 e. The molecule has 2 N–H and O–H groups in total. The Kier molecular flexibility index (Phi) is 7.21. The first-order valence-electron chi connectivity index (χ1n) is 12.9. The van der Waals surface area contributed by atoms with Crippen molar-refractivity contribution in [1.82, 2.24) is 29.6 Å². The highest BCUT2D eigenvalue weighted by Gasteiger charge is 2.36. The van der Waals surface area contributed by atoms with E-state index in [0.717, 1.165) is 22.5 Å². The fraction of sp³-hybridized carbons (Fsp3) is 0.357. The zero-order chi connectivity index (χ0) is 28.7. The molecule has 1 aromatic carbocycles. The number of nitrogens with two attached hydrogens (primary N) is 1. The molecule has 0 spiro atoms. The second kappa shape index (κ2) is 10.6. The summed E-state index contributed by atoms with van der Waals surface area (Å²) in [6, 6.07) is 5.59. The van der Waals surface area contributed by atoms with Crippen LogP contribution in [0.3, 0.4) is 0 Å². The van der Waals surface area contributed by atoms with Gasteiger partial charge in [0.25, 0.3) is 5.91 Å². The van der Waals surface area contributed by atoms with Gasteiger partial charge in [0.1, 0.15) is 24.0 Å². The molecule has 40 heavy (non-hydrogen) atoms. The zero-order valence-corrected chi connectivity index (χ0v) is 23.8. The van der Waals surface area contributed by atoms with Crippen LogP contribution in [-0.4, -0.2) is 69.3 Å². The van der Waals surface area contributed by atoms with Crippen LogP contribution in [0.5, 0.6) is 5.75 Å². The number of pyridine rings is 1. The van der Waals surface area contributed by atoms with Crippen molar-refractivity contribution in [3.05, 3.63) is 63.8 Å². The lowest BCUT2D eigenvalue weighted by atomic mass is 9.84. The Bertz CT molecular complexity index is 1650. The summed E-state index contributed by atoms with van der Waals surface area (Å²) in [4.78, 5) is 28.9. The standard InChI is InChI=1S/C28H30ClN9O2/c1-6-40-25-20(16(3)38-27-23(15(2)35-38)26(31)33-14-34-27)8-22(29)21(9-30)24(25)18-12-37(13-18)19-7-17(10-32-11-19)28(39)36(4)5/h7-8,10-11,14,16,18H,6,12-13H2,1-5H3,(H2,31,33,34). The van der Waals surface area contributed by atoms with Crippen molar-refractivity contribution in [3.63, 3.8) is 0 Å². The van der Waals surface area contributed by atoms with Gasteiger partial charge >= 0.3 is 0 Å². The summed E-state index contributed by atoms with van der Waals surface area (Å²) < 4.78 is 8.03. The number of nitrogens with zero attached hydrogens (tertiary/aromatic N) is 8. The highest BCUT2D eigenvalue weighted by molar-refractivity contribution is 6.32. The number of carbonyl (C=O) groups is 1. The Morgan fingerprint density at radius 2 is 2.05 bits per heavy atom. The Morgan fingerprint density at radius 1 is 1.30 bits per heavy atom. The summed E-state index contributed by atoms with van der Waals surface area (Å²) in [6.45, 7) is 7.38. The molecule has 1 aliphatic heterocycles. The number of aromatic nitrogens is 5. The molecule has 3 aromatic heterocycles. The molecule has 1 atom stereocenters. The van der Waals surface area contributed by atoms with Crippen molar-refractivity contribution in [3.8, 4) is 11.8 Å². The van der Waals surface area contributed by atoms with Gasteiger partial charge in [-0.1, -0.05) is 11.6 Å². The minimum atomic E-state index is -0.329. The van der Waals surface area contributed by atoms with E-state index in [2.05, 4.69) is 25.9 Å². The van der Waals surface area contributed by atoms with E-state index in [9.17, 15) is 10.1 Å². The van der Waals surface area contributed by atoms with Crippen molar-refractivity contribution >= 4 is 40.0 Å². The number of aryl methyl sites for hydroxylation is 1. The van der Waals surface area contributed by atoms with Gasteiger partial charge < -0.3 is 20.3 Å². The van der Waals surface area contributed by atoms with Gasteiger partial charge in [0.05, 0.1) is 51.8 Å². The molecule has 1 amide bonds. The van der Waals surface area contributed by atoms with E-state index < -0.39 is 0 Å². The first-order valence-corrected chi connectivity index (χ1v) is 13.3. The highest BCUT2D eigenvalue weighted by Crippen LogP contribution is 2.45. The number of ether oxygens (including phenoxy) is 1. The predicted octanol–water partition coefficient (Wildman–Crippen LogP) is 3.95. The first kappa shape index (κ1) is 27.1. The van der Waals surface area contributed by atoms with Crippen LogP contribution in [0.2, 0.25) is 5.02 Å². The summed E-state index contributed by atoms with van der Waals surface area (Å²) in [6.07, 6.45) is 4.72. The molecule has 4 heterocycles. The third-order valence-corrected chi connectivity index (χ3v) is 7.54. The van der Waals surface area contributed by atoms with Gasteiger partial charge in [-0.25, -0.2) is 14.6 Å². The monoisotopic (exact) mass is 559 g/mol. The molecule has 206 valence electrons. The van der Waals surface area contributed by atoms with Gasteiger partial charge in [0, 0.05) is 50.4 Å². The predicted molar refractivity (Wildman–Crippen MR) is 153 cm³/mol. The third-order valence-electron chi connectivity index (χ3n) is 7.24. The lowest BCUT2D eigenvalue weighted by molar-refractivity contribution is 0.0827. The number of hydrogen-bond acceptors (Lipinski definition) is 9. The lowest BCUT2D eigenvalue weighted by Crippen LogP contribution is -2.45. The number of halogens is 1. The van der Waals surface area contributed by atoms with Crippen LogP contribution in [0.25, 0.3) is 11.0 Å². The van der Waals surface area contributed by atoms with Crippen LogP contribution in [0.1, 0.15) is 58.5 Å². The van der Waals surface area contributed by atoms with E-state index in [4.69, 9.17) is 27.2 Å². The number of hydrogen-bond donors (Lipinski definition) is 1. The first-order chi connectivity index (χ1) is 19.2. The SMILES string of the molecule is CCOc1c(C(C)n2nc(C)c3c(N)ncnc32)cc(Cl)c(C#N)c1C1CN(c2cncc(C(=O)N(C)C)c2)C1. The molecule has 1 aliphatic rings. The molecular formula is C28H30ClN9O2. The summed E-state index contributed by atoms with van der Waals surface area (Å²) in [5.74, 6) is 0.852. The lowest BCUT2D eigenvalue weighted by Gasteiger charge is -2.42. The molecule has 0 radical (unpaired) electrons. The zero-order valence-electron chi connectivity index (χ0n) is 23.0. The van der Waals surface area contributed by atoms with E-state index in [0.29, 0.717) is 58.4 Å². The summed E-state index contributed by atoms with van der Waals surface area (Å²) in [7, 11) is 3.42. The normalized spacial score (nSPS) is 14.1. The molecule has 1 fully saturated rings. The number of amides is 1. The van der Waals surface area contributed by atoms with E-state index in [1.165, 1.54) is 11.2 Å². The molecule has 4 aromatic rings. The second-order valence-corrected chi connectivity index (χ2v) is 10.4. The van der Waals surface area contributed by atoms with E-state index >= 15 is 0 Å². The quantitative estimate of drug-likeness (QED) is 0.356. The van der Waals surface area contributed by atoms with Crippen molar-refractivity contribution in [2.45, 2.75) is 32.7 Å². The van der Waals surface area contributed by atoms with Crippen molar-refractivity contribution in [2.75, 3.05) is 44.4 Å². The fourth-order valence-corrected chi connectivity index (χ4v) is 5.47. The van der Waals surface area contributed by atoms with Crippen molar-refractivity contribution < 1.29 is 9.53 Å². The van der Waals surface area contributed by atoms with Crippen molar-refractivity contribution in [2.24, 2.45) is 0 Å². The average molecular weight is 560 g/mol. The number of rotatable bonds is 7. The van der Waals surface area contributed by atoms with Gasteiger partial charge in [0.15, 0.2) is 5.65 Å². The van der Waals surface area contributed by atoms with E-state index in [-0.39, 0.29) is 17.9 Å². The summed E-state index contributed by atoms with van der Waals surface area (Å²) >= 11 is 6.73. The summed E-state index contributed by atoms with van der Waals surface area (Å²) in [5, 5.41) is 15.9. The third kappa shape index (κ3) is 4.54. The molecule has 1 unspecified atom stereocenters. The number of nitrogen functional groups attached to an aromatic ring is 1. The Labute approximate surface area is 237 Å². The van der Waals surface area contributed by atoms with Crippen LogP contribution in [0, 0.1) is 18.3 Å². The summed E-state index contributed by atoms with van der Waals surface area (Å²) in [5.41, 5.74) is 10.8. The topological polar surface area (TPSA) is 139 Å². The second-order valence-electron chi connectivity index (χ2n) is 10.0. The number of fused-ring (bicyclic) bond motifs is 1. The van der Waals surface area contributed by atoms with Crippen molar-refractivity contribution in [1.29, 1.82) is 5.26 Å². The van der Waals surface area contributed by atoms with E-state index in [1.807, 2.05) is 26.8 Å². The van der Waals surface area contributed by atoms with Crippen LogP contribution < -0.4 is 15.4 Å². The molecule has 12 heteroatoms. The van der Waals surface area contributed by atoms with Crippen LogP contribution in [0.4, 0.5) is 11.5 Å². The smallest absolute Gasteiger partial charge is 0.254 e. The minimum Gasteiger partial charge on any atom is -0.493 e. The van der Waals surface area contributed by atoms with E-state index in [1.54, 1.807) is 37.2 Å². The molecule has 0 saturated carbocycles. The molecule has 0 aliphatic carbocycles. The average Bonchev–Trinajstić information content (AvgIpc) is 3.25. The molecule has 11 nitrogen and oxygen atoms in total. The van der Waals surface area contributed by atoms with Crippen LogP contribution >= 0.6 is 11.6 Å². The number of benzene rings is 1. The Balaban J connectivity index is 1.54. The van der Waals surface area contributed by atoms with Crippen LogP contribution in [-0.2, 0) is 0 Å². The van der Waals surface area contributed by atoms with Crippen LogP contribution in [0.15, 0.2) is 30.9 Å². The fourth-order valence-electron chi connectivity index (χ4n) is 5.21. The molecular weight excluding hydrogens is 530 g/mol. The molecule has 1 saturated heterocycles. The van der Waals surface area contributed by atoms with Gasteiger partial charge in [-0.05, 0) is 32.9 Å². The van der Waals surface area contributed by atoms with Gasteiger partial charge in [-0.3, -0.25) is 9.78 Å². The highest BCUT2D eigenvalue weighted by atomic mass is 35.5.